The molecule has 1 aliphatic rings. The highest BCUT2D eigenvalue weighted by Gasteiger charge is 2.31. The molecule has 1 unspecified atom stereocenters. The number of hydrogen-bond donors (Lipinski definition) is 1. The molecule has 170 valence electrons. The van der Waals surface area contributed by atoms with Crippen molar-refractivity contribution in [2.24, 2.45) is 11.8 Å². The Kier molecular flexibility index (Phi) is 15.0. The van der Waals surface area contributed by atoms with E-state index < -0.39 is 5.97 Å². The summed E-state index contributed by atoms with van der Waals surface area (Å²) in [4.78, 5) is 23.6. The number of carbonyl (C=O) groups is 2. The molecule has 0 spiro atoms. The van der Waals surface area contributed by atoms with Gasteiger partial charge in [-0.2, -0.15) is 0 Å². The summed E-state index contributed by atoms with van der Waals surface area (Å²) >= 11 is 0. The molecule has 0 aromatic heterocycles. The highest BCUT2D eigenvalue weighted by Crippen LogP contribution is 2.30. The van der Waals surface area contributed by atoms with Gasteiger partial charge in [-0.25, -0.2) is 0 Å². The number of esters is 1. The van der Waals surface area contributed by atoms with E-state index in [0.29, 0.717) is 25.7 Å². The molecule has 0 aromatic carbocycles. The largest absolute Gasteiger partial charge is 0.481 e. The van der Waals surface area contributed by atoms with E-state index in [-0.39, 0.29) is 23.9 Å². The smallest absolute Gasteiger partial charge is 0.309 e. The number of carboxylic acids is 1. The minimum absolute atomic E-state index is 0.0447. The normalized spacial score (nSPS) is 20.3. The summed E-state index contributed by atoms with van der Waals surface area (Å²) in [6.45, 7) is 4.40. The summed E-state index contributed by atoms with van der Waals surface area (Å²) in [5.41, 5.74) is 0. The molecule has 0 bridgehead atoms. The van der Waals surface area contributed by atoms with E-state index >= 15 is 0 Å². The number of carbonyl (C=O) groups excluding carboxylic acids is 1. The summed E-state index contributed by atoms with van der Waals surface area (Å²) < 4.78 is 5.83. The molecule has 1 saturated carbocycles. The Hall–Kier alpha value is -1.06. The van der Waals surface area contributed by atoms with Crippen LogP contribution in [0.2, 0.25) is 0 Å². The van der Waals surface area contributed by atoms with Crippen LogP contribution in [0.25, 0.3) is 0 Å². The van der Waals surface area contributed by atoms with E-state index in [1.165, 1.54) is 64.2 Å². The second-order valence-electron chi connectivity index (χ2n) is 9.06. The second-order valence-corrected chi connectivity index (χ2v) is 9.06. The van der Waals surface area contributed by atoms with E-state index in [1.807, 2.05) is 0 Å². The first-order valence-electron chi connectivity index (χ1n) is 12.5. The molecular formula is C25H46O4. The maximum Gasteiger partial charge on any atom is 0.309 e. The highest BCUT2D eigenvalue weighted by atomic mass is 16.5. The Morgan fingerprint density at radius 1 is 0.724 bits per heavy atom. The average Bonchev–Trinajstić information content (AvgIpc) is 2.72. The van der Waals surface area contributed by atoms with Crippen LogP contribution >= 0.6 is 0 Å². The van der Waals surface area contributed by atoms with Gasteiger partial charge in [0.15, 0.2) is 0 Å². The highest BCUT2D eigenvalue weighted by molar-refractivity contribution is 5.74. The SMILES string of the molecule is CCCCCCCCCCCCCC(CCC)OC(=O)C1CCC(C(=O)O)CC1. The van der Waals surface area contributed by atoms with Crippen LogP contribution in [0.5, 0.6) is 0 Å². The Labute approximate surface area is 179 Å². The van der Waals surface area contributed by atoms with Gasteiger partial charge >= 0.3 is 11.9 Å². The van der Waals surface area contributed by atoms with Gasteiger partial charge in [0.05, 0.1) is 11.8 Å². The van der Waals surface area contributed by atoms with Crippen molar-refractivity contribution < 1.29 is 19.4 Å². The molecule has 0 amide bonds. The van der Waals surface area contributed by atoms with Gasteiger partial charge in [0.1, 0.15) is 6.10 Å². The molecule has 0 radical (unpaired) electrons. The second kappa shape index (κ2) is 16.7. The topological polar surface area (TPSA) is 63.6 Å². The zero-order valence-corrected chi connectivity index (χ0v) is 19.1. The van der Waals surface area contributed by atoms with Gasteiger partial charge in [0, 0.05) is 0 Å². The number of unbranched alkanes of at least 4 members (excludes halogenated alkanes) is 10. The van der Waals surface area contributed by atoms with Gasteiger partial charge in [-0.1, -0.05) is 84.5 Å². The first-order valence-corrected chi connectivity index (χ1v) is 12.5. The zero-order chi connectivity index (χ0) is 21.3. The van der Waals surface area contributed by atoms with Crippen molar-refractivity contribution in [2.45, 2.75) is 136 Å². The van der Waals surface area contributed by atoms with Crippen LogP contribution in [-0.2, 0) is 14.3 Å². The molecule has 1 fully saturated rings. The van der Waals surface area contributed by atoms with Crippen LogP contribution in [0, 0.1) is 11.8 Å². The average molecular weight is 411 g/mol. The number of hydrogen-bond acceptors (Lipinski definition) is 3. The fourth-order valence-corrected chi connectivity index (χ4v) is 4.46. The van der Waals surface area contributed by atoms with E-state index in [4.69, 9.17) is 9.84 Å². The quantitative estimate of drug-likeness (QED) is 0.202. The van der Waals surface area contributed by atoms with Crippen molar-refractivity contribution in [3.05, 3.63) is 0 Å². The third-order valence-corrected chi connectivity index (χ3v) is 6.43. The number of ether oxygens (including phenoxy) is 1. The molecule has 1 aliphatic carbocycles. The lowest BCUT2D eigenvalue weighted by atomic mass is 9.82. The summed E-state index contributed by atoms with van der Waals surface area (Å²) in [6.07, 6.45) is 20.1. The summed E-state index contributed by atoms with van der Waals surface area (Å²) in [6, 6.07) is 0. The van der Waals surface area contributed by atoms with Gasteiger partial charge in [-0.3, -0.25) is 9.59 Å². The van der Waals surface area contributed by atoms with E-state index in [1.54, 1.807) is 0 Å². The third kappa shape index (κ3) is 12.3. The molecule has 4 nitrogen and oxygen atoms in total. The number of aliphatic carboxylic acids is 1. The maximum atomic E-state index is 12.5. The van der Waals surface area contributed by atoms with Crippen molar-refractivity contribution in [2.75, 3.05) is 0 Å². The van der Waals surface area contributed by atoms with Gasteiger partial charge in [0.25, 0.3) is 0 Å². The first kappa shape index (κ1) is 26.0. The molecule has 0 aromatic rings. The molecular weight excluding hydrogens is 364 g/mol. The number of rotatable bonds is 17. The van der Waals surface area contributed by atoms with Gasteiger partial charge in [0.2, 0.25) is 0 Å². The minimum atomic E-state index is -0.725. The lowest BCUT2D eigenvalue weighted by Gasteiger charge is -2.26. The maximum absolute atomic E-state index is 12.5. The zero-order valence-electron chi connectivity index (χ0n) is 19.1. The van der Waals surface area contributed by atoms with Gasteiger partial charge < -0.3 is 9.84 Å². The predicted molar refractivity (Wildman–Crippen MR) is 119 cm³/mol. The molecule has 1 N–H and O–H groups in total. The predicted octanol–water partition coefficient (Wildman–Crippen LogP) is 7.29. The van der Waals surface area contributed by atoms with Crippen LogP contribution in [0.15, 0.2) is 0 Å². The van der Waals surface area contributed by atoms with Crippen LogP contribution in [0.4, 0.5) is 0 Å². The van der Waals surface area contributed by atoms with Crippen LogP contribution < -0.4 is 0 Å². The lowest BCUT2D eigenvalue weighted by molar-refractivity contribution is -0.158. The summed E-state index contributed by atoms with van der Waals surface area (Å²) in [5, 5.41) is 9.09. The Morgan fingerprint density at radius 3 is 1.69 bits per heavy atom. The summed E-state index contributed by atoms with van der Waals surface area (Å²) in [7, 11) is 0. The Morgan fingerprint density at radius 2 is 1.21 bits per heavy atom. The van der Waals surface area contributed by atoms with Crippen LogP contribution in [0.1, 0.15) is 129 Å². The molecule has 29 heavy (non-hydrogen) atoms. The van der Waals surface area contributed by atoms with Crippen molar-refractivity contribution in [3.63, 3.8) is 0 Å². The van der Waals surface area contributed by atoms with Crippen molar-refractivity contribution in [3.8, 4) is 0 Å². The standard InChI is InChI=1S/C25H46O4/c1-3-5-6-7-8-9-10-11-12-13-14-16-23(15-4-2)29-25(28)22-19-17-21(18-20-22)24(26)27/h21-23H,3-20H2,1-2H3,(H,26,27). The minimum Gasteiger partial charge on any atom is -0.481 e. The summed E-state index contributed by atoms with van der Waals surface area (Å²) in [5.74, 6) is -1.18. The van der Waals surface area contributed by atoms with Crippen LogP contribution in [-0.4, -0.2) is 23.1 Å². The molecule has 4 heteroatoms. The third-order valence-electron chi connectivity index (χ3n) is 6.43. The molecule has 1 atom stereocenters. The van der Waals surface area contributed by atoms with Crippen molar-refractivity contribution in [1.82, 2.24) is 0 Å². The fraction of sp³-hybridized carbons (Fsp3) is 0.920. The first-order chi connectivity index (χ1) is 14.1. The van der Waals surface area contributed by atoms with E-state index in [0.717, 1.165) is 25.7 Å². The molecule has 0 heterocycles. The number of carboxylic acid groups (broad SMARTS) is 1. The molecule has 1 rings (SSSR count). The van der Waals surface area contributed by atoms with Crippen LogP contribution in [0.3, 0.4) is 0 Å². The van der Waals surface area contributed by atoms with Crippen molar-refractivity contribution in [1.29, 1.82) is 0 Å². The Balaban J connectivity index is 2.11. The lowest BCUT2D eigenvalue weighted by Crippen LogP contribution is -2.29. The van der Waals surface area contributed by atoms with E-state index in [2.05, 4.69) is 13.8 Å². The fourth-order valence-electron chi connectivity index (χ4n) is 4.46. The Bertz CT molecular complexity index is 427. The van der Waals surface area contributed by atoms with Gasteiger partial charge in [-0.15, -0.1) is 0 Å². The van der Waals surface area contributed by atoms with Crippen molar-refractivity contribution >= 4 is 11.9 Å². The van der Waals surface area contributed by atoms with E-state index in [9.17, 15) is 9.59 Å². The monoisotopic (exact) mass is 410 g/mol. The molecule has 0 aliphatic heterocycles. The van der Waals surface area contributed by atoms with Gasteiger partial charge in [-0.05, 0) is 44.9 Å². The molecule has 0 saturated heterocycles.